The van der Waals surface area contributed by atoms with Crippen LogP contribution in [0.25, 0.3) is 0 Å². The van der Waals surface area contributed by atoms with Crippen molar-refractivity contribution >= 4 is 11.6 Å². The molecule has 0 saturated heterocycles. The smallest absolute Gasteiger partial charge is 0.0948 e. The first-order chi connectivity index (χ1) is 9.20. The standard InChI is InChI=1S/C15H20ClN3/c1-3-7-19-11-17-9-15(19)10-18-12(2)13-5-4-6-14(16)8-13/h4-6,8-9,11-12,18H,3,7,10H2,1-2H3/t12-/m0/s1. The molecule has 0 aliphatic rings. The Bertz CT molecular complexity index is 522. The Hall–Kier alpha value is -1.32. The van der Waals surface area contributed by atoms with Crippen LogP contribution in [0.4, 0.5) is 0 Å². The highest BCUT2D eigenvalue weighted by Crippen LogP contribution is 2.17. The van der Waals surface area contributed by atoms with E-state index in [1.54, 1.807) is 0 Å². The molecular formula is C15H20ClN3. The summed E-state index contributed by atoms with van der Waals surface area (Å²) in [4.78, 5) is 4.21. The van der Waals surface area contributed by atoms with Crippen molar-refractivity contribution in [3.63, 3.8) is 0 Å². The lowest BCUT2D eigenvalue weighted by Gasteiger charge is -2.15. The summed E-state index contributed by atoms with van der Waals surface area (Å²) in [5.41, 5.74) is 2.42. The minimum absolute atomic E-state index is 0.267. The number of halogens is 1. The van der Waals surface area contributed by atoms with E-state index in [9.17, 15) is 0 Å². The van der Waals surface area contributed by atoms with Crippen molar-refractivity contribution < 1.29 is 0 Å². The zero-order chi connectivity index (χ0) is 13.7. The molecule has 0 amide bonds. The highest BCUT2D eigenvalue weighted by Gasteiger charge is 2.07. The number of aromatic nitrogens is 2. The average molecular weight is 278 g/mol. The maximum absolute atomic E-state index is 6.01. The van der Waals surface area contributed by atoms with Crippen LogP contribution in [0.5, 0.6) is 0 Å². The van der Waals surface area contributed by atoms with Crippen LogP contribution in [0.15, 0.2) is 36.8 Å². The van der Waals surface area contributed by atoms with Gasteiger partial charge in [0, 0.05) is 30.4 Å². The molecule has 0 aliphatic carbocycles. The first kappa shape index (κ1) is 14.1. The molecule has 19 heavy (non-hydrogen) atoms. The van der Waals surface area contributed by atoms with Gasteiger partial charge in [0.15, 0.2) is 0 Å². The Morgan fingerprint density at radius 3 is 3.00 bits per heavy atom. The first-order valence-electron chi connectivity index (χ1n) is 6.68. The van der Waals surface area contributed by atoms with Crippen molar-refractivity contribution in [2.45, 2.75) is 39.4 Å². The Balaban J connectivity index is 1.96. The number of hydrogen-bond acceptors (Lipinski definition) is 2. The molecule has 0 bridgehead atoms. The van der Waals surface area contributed by atoms with E-state index < -0.39 is 0 Å². The van der Waals surface area contributed by atoms with Crippen molar-refractivity contribution in [3.8, 4) is 0 Å². The third-order valence-corrected chi connectivity index (χ3v) is 3.44. The Morgan fingerprint density at radius 1 is 1.42 bits per heavy atom. The molecule has 0 saturated carbocycles. The van der Waals surface area contributed by atoms with Crippen molar-refractivity contribution in [2.24, 2.45) is 0 Å². The molecule has 1 heterocycles. The predicted octanol–water partition coefficient (Wildman–Crippen LogP) is 3.80. The zero-order valence-corrected chi connectivity index (χ0v) is 12.2. The van der Waals surface area contributed by atoms with Gasteiger partial charge in [-0.1, -0.05) is 30.7 Å². The largest absolute Gasteiger partial charge is 0.333 e. The van der Waals surface area contributed by atoms with E-state index >= 15 is 0 Å². The number of imidazole rings is 1. The third-order valence-electron chi connectivity index (χ3n) is 3.20. The van der Waals surface area contributed by atoms with E-state index in [0.29, 0.717) is 0 Å². The quantitative estimate of drug-likeness (QED) is 0.870. The van der Waals surface area contributed by atoms with E-state index in [1.165, 1.54) is 11.3 Å². The van der Waals surface area contributed by atoms with Gasteiger partial charge in [-0.2, -0.15) is 0 Å². The van der Waals surface area contributed by atoms with Crippen LogP contribution >= 0.6 is 11.6 Å². The molecule has 3 nitrogen and oxygen atoms in total. The maximum atomic E-state index is 6.01. The lowest BCUT2D eigenvalue weighted by Crippen LogP contribution is -2.20. The van der Waals surface area contributed by atoms with Gasteiger partial charge in [-0.25, -0.2) is 4.98 Å². The summed E-state index contributed by atoms with van der Waals surface area (Å²) in [7, 11) is 0. The predicted molar refractivity (Wildman–Crippen MR) is 79.2 cm³/mol. The number of rotatable bonds is 6. The van der Waals surface area contributed by atoms with E-state index in [4.69, 9.17) is 11.6 Å². The minimum Gasteiger partial charge on any atom is -0.333 e. The van der Waals surface area contributed by atoms with Crippen LogP contribution < -0.4 is 5.32 Å². The number of nitrogens with one attached hydrogen (secondary N) is 1. The zero-order valence-electron chi connectivity index (χ0n) is 11.4. The molecule has 4 heteroatoms. The monoisotopic (exact) mass is 277 g/mol. The summed E-state index contributed by atoms with van der Waals surface area (Å²) in [6.07, 6.45) is 4.94. The molecule has 1 aromatic heterocycles. The van der Waals surface area contributed by atoms with Gasteiger partial charge in [-0.05, 0) is 31.0 Å². The van der Waals surface area contributed by atoms with Gasteiger partial charge in [-0.15, -0.1) is 0 Å². The molecule has 0 spiro atoms. The normalized spacial score (nSPS) is 12.6. The molecule has 0 unspecified atom stereocenters. The van der Waals surface area contributed by atoms with Gasteiger partial charge in [0.1, 0.15) is 0 Å². The highest BCUT2D eigenvalue weighted by molar-refractivity contribution is 6.30. The van der Waals surface area contributed by atoms with Gasteiger partial charge in [0.05, 0.1) is 12.0 Å². The third kappa shape index (κ3) is 3.82. The summed E-state index contributed by atoms with van der Waals surface area (Å²) in [6.45, 7) is 6.15. The van der Waals surface area contributed by atoms with E-state index in [2.05, 4.69) is 34.8 Å². The summed E-state index contributed by atoms with van der Waals surface area (Å²) >= 11 is 6.01. The number of hydrogen-bond donors (Lipinski definition) is 1. The Labute approximate surface area is 119 Å². The fraction of sp³-hybridized carbons (Fsp3) is 0.400. The molecule has 0 aliphatic heterocycles. The van der Waals surface area contributed by atoms with Gasteiger partial charge in [0.2, 0.25) is 0 Å². The van der Waals surface area contributed by atoms with Crippen molar-refractivity contribution in [2.75, 3.05) is 0 Å². The van der Waals surface area contributed by atoms with E-state index in [1.807, 2.05) is 30.7 Å². The summed E-state index contributed by atoms with van der Waals surface area (Å²) < 4.78 is 2.19. The highest BCUT2D eigenvalue weighted by atomic mass is 35.5. The van der Waals surface area contributed by atoms with Gasteiger partial charge in [-0.3, -0.25) is 0 Å². The molecule has 1 N–H and O–H groups in total. The molecule has 1 aromatic carbocycles. The first-order valence-corrected chi connectivity index (χ1v) is 7.06. The van der Waals surface area contributed by atoms with Gasteiger partial charge >= 0.3 is 0 Å². The second-order valence-electron chi connectivity index (χ2n) is 4.74. The number of benzene rings is 1. The summed E-state index contributed by atoms with van der Waals surface area (Å²) in [5, 5.41) is 4.29. The van der Waals surface area contributed by atoms with E-state index in [0.717, 1.165) is 24.5 Å². The topological polar surface area (TPSA) is 29.9 Å². The fourth-order valence-electron chi connectivity index (χ4n) is 2.09. The van der Waals surface area contributed by atoms with Crippen LogP contribution in [-0.2, 0) is 13.1 Å². The second kappa shape index (κ2) is 6.73. The van der Waals surface area contributed by atoms with E-state index in [-0.39, 0.29) is 6.04 Å². The van der Waals surface area contributed by atoms with Gasteiger partial charge in [0.25, 0.3) is 0 Å². The van der Waals surface area contributed by atoms with Crippen LogP contribution in [0.2, 0.25) is 5.02 Å². The van der Waals surface area contributed by atoms with Crippen LogP contribution in [0.1, 0.15) is 37.6 Å². The molecule has 0 fully saturated rings. The van der Waals surface area contributed by atoms with Crippen molar-refractivity contribution in [3.05, 3.63) is 53.1 Å². The van der Waals surface area contributed by atoms with Gasteiger partial charge < -0.3 is 9.88 Å². The summed E-state index contributed by atoms with van der Waals surface area (Å²) in [6, 6.07) is 8.24. The van der Waals surface area contributed by atoms with Crippen LogP contribution in [0.3, 0.4) is 0 Å². The molecule has 2 rings (SSSR count). The number of nitrogens with zero attached hydrogens (tertiary/aromatic N) is 2. The van der Waals surface area contributed by atoms with Crippen molar-refractivity contribution in [1.29, 1.82) is 0 Å². The van der Waals surface area contributed by atoms with Crippen LogP contribution in [0, 0.1) is 0 Å². The van der Waals surface area contributed by atoms with Crippen LogP contribution in [-0.4, -0.2) is 9.55 Å². The molecule has 0 radical (unpaired) electrons. The lowest BCUT2D eigenvalue weighted by molar-refractivity contribution is 0.541. The summed E-state index contributed by atoms with van der Waals surface area (Å²) in [5.74, 6) is 0. The second-order valence-corrected chi connectivity index (χ2v) is 5.17. The number of aryl methyl sites for hydroxylation is 1. The Kier molecular flexibility index (Phi) is 5.00. The average Bonchev–Trinajstić information content (AvgIpc) is 2.84. The van der Waals surface area contributed by atoms with Crippen molar-refractivity contribution in [1.82, 2.24) is 14.9 Å². The fourth-order valence-corrected chi connectivity index (χ4v) is 2.29. The minimum atomic E-state index is 0.267. The maximum Gasteiger partial charge on any atom is 0.0948 e. The molecular weight excluding hydrogens is 258 g/mol. The lowest BCUT2D eigenvalue weighted by atomic mass is 10.1. The molecule has 2 aromatic rings. The Morgan fingerprint density at radius 2 is 2.26 bits per heavy atom. The molecule has 102 valence electrons. The molecule has 1 atom stereocenters. The SMILES string of the molecule is CCCn1cncc1CN[C@@H](C)c1cccc(Cl)c1.